The number of hydrogen-bond acceptors (Lipinski definition) is 1. The number of hydrogen-bond donors (Lipinski definition) is 0. The Hall–Kier alpha value is -1.38. The summed E-state index contributed by atoms with van der Waals surface area (Å²) < 4.78 is 12.9. The van der Waals surface area contributed by atoms with Crippen molar-refractivity contribution in [3.63, 3.8) is 0 Å². The monoisotopic (exact) mass is 225 g/mol. The van der Waals surface area contributed by atoms with E-state index in [0.29, 0.717) is 12.1 Å². The predicted octanol–water partition coefficient (Wildman–Crippen LogP) is 3.33. The molecule has 1 aromatic carbocycles. The fourth-order valence-corrected chi connectivity index (χ4v) is 1.53. The SMILES string of the molecule is C.CCN(C(=O)c1cccc(F)c1)C(C)C. The van der Waals surface area contributed by atoms with E-state index in [1.165, 1.54) is 12.1 Å². The molecular formula is C13H20FNO. The Kier molecular flexibility index (Phi) is 5.72. The summed E-state index contributed by atoms with van der Waals surface area (Å²) in [5.41, 5.74) is 0.408. The van der Waals surface area contributed by atoms with Gasteiger partial charge < -0.3 is 4.90 Å². The Morgan fingerprint density at radius 3 is 2.50 bits per heavy atom. The van der Waals surface area contributed by atoms with E-state index in [1.807, 2.05) is 20.8 Å². The maximum atomic E-state index is 12.9. The van der Waals surface area contributed by atoms with E-state index in [9.17, 15) is 9.18 Å². The summed E-state index contributed by atoms with van der Waals surface area (Å²) >= 11 is 0. The lowest BCUT2D eigenvalue weighted by Gasteiger charge is -2.25. The van der Waals surface area contributed by atoms with Gasteiger partial charge in [-0.15, -0.1) is 0 Å². The van der Waals surface area contributed by atoms with Gasteiger partial charge in [0.05, 0.1) is 0 Å². The van der Waals surface area contributed by atoms with E-state index in [-0.39, 0.29) is 25.2 Å². The van der Waals surface area contributed by atoms with Crippen LogP contribution in [0.3, 0.4) is 0 Å². The first-order valence-electron chi connectivity index (χ1n) is 5.12. The number of carbonyl (C=O) groups is 1. The van der Waals surface area contributed by atoms with Gasteiger partial charge in [-0.2, -0.15) is 0 Å². The molecule has 0 bridgehead atoms. The molecule has 2 nitrogen and oxygen atoms in total. The Balaban J connectivity index is 0.00000225. The van der Waals surface area contributed by atoms with Crippen LogP contribution in [-0.4, -0.2) is 23.4 Å². The third kappa shape index (κ3) is 3.33. The zero-order valence-corrected chi connectivity index (χ0v) is 9.33. The number of halogens is 1. The standard InChI is InChI=1S/C12H16FNO.CH4/c1-4-14(9(2)3)12(15)10-6-5-7-11(13)8-10;/h5-9H,4H2,1-3H3;1H4. The molecule has 0 aliphatic carbocycles. The van der Waals surface area contributed by atoms with E-state index >= 15 is 0 Å². The molecule has 1 aromatic rings. The van der Waals surface area contributed by atoms with E-state index in [2.05, 4.69) is 0 Å². The molecule has 0 aliphatic heterocycles. The summed E-state index contributed by atoms with van der Waals surface area (Å²) in [5, 5.41) is 0. The van der Waals surface area contributed by atoms with Gasteiger partial charge >= 0.3 is 0 Å². The summed E-state index contributed by atoms with van der Waals surface area (Å²) in [6, 6.07) is 5.92. The van der Waals surface area contributed by atoms with Crippen LogP contribution in [0.25, 0.3) is 0 Å². The van der Waals surface area contributed by atoms with E-state index in [1.54, 1.807) is 17.0 Å². The summed E-state index contributed by atoms with van der Waals surface area (Å²) in [7, 11) is 0. The van der Waals surface area contributed by atoms with Crippen molar-refractivity contribution in [2.24, 2.45) is 0 Å². The summed E-state index contributed by atoms with van der Waals surface area (Å²) in [4.78, 5) is 13.6. The van der Waals surface area contributed by atoms with Gasteiger partial charge in [-0.3, -0.25) is 4.79 Å². The lowest BCUT2D eigenvalue weighted by atomic mass is 10.1. The number of amides is 1. The van der Waals surface area contributed by atoms with Crippen molar-refractivity contribution < 1.29 is 9.18 Å². The minimum Gasteiger partial charge on any atom is -0.337 e. The van der Waals surface area contributed by atoms with Gasteiger partial charge in [0, 0.05) is 18.2 Å². The maximum Gasteiger partial charge on any atom is 0.254 e. The van der Waals surface area contributed by atoms with Crippen LogP contribution in [0.2, 0.25) is 0 Å². The average molecular weight is 225 g/mol. The fourth-order valence-electron chi connectivity index (χ4n) is 1.53. The molecule has 0 heterocycles. The first-order chi connectivity index (χ1) is 7.06. The van der Waals surface area contributed by atoms with E-state index in [0.717, 1.165) is 0 Å². The quantitative estimate of drug-likeness (QED) is 0.772. The van der Waals surface area contributed by atoms with Gasteiger partial charge in [0.1, 0.15) is 5.82 Å². The topological polar surface area (TPSA) is 20.3 Å². The van der Waals surface area contributed by atoms with Crippen LogP contribution >= 0.6 is 0 Å². The summed E-state index contributed by atoms with van der Waals surface area (Å²) in [5.74, 6) is -0.493. The van der Waals surface area contributed by atoms with Crippen molar-refractivity contribution in [3.05, 3.63) is 35.6 Å². The van der Waals surface area contributed by atoms with Crippen molar-refractivity contribution >= 4 is 5.91 Å². The molecule has 3 heteroatoms. The fraction of sp³-hybridized carbons (Fsp3) is 0.462. The molecule has 90 valence electrons. The van der Waals surface area contributed by atoms with Gasteiger partial charge in [0.2, 0.25) is 0 Å². The van der Waals surface area contributed by atoms with Gasteiger partial charge in [-0.05, 0) is 39.0 Å². The second-order valence-corrected chi connectivity index (χ2v) is 3.70. The molecular weight excluding hydrogens is 205 g/mol. The normalized spacial score (nSPS) is 9.81. The molecule has 0 aliphatic rings. The van der Waals surface area contributed by atoms with Crippen LogP contribution in [0.5, 0.6) is 0 Å². The van der Waals surface area contributed by atoms with Gasteiger partial charge in [0.25, 0.3) is 5.91 Å². The molecule has 0 saturated heterocycles. The number of carbonyl (C=O) groups excluding carboxylic acids is 1. The first kappa shape index (κ1) is 14.6. The lowest BCUT2D eigenvalue weighted by molar-refractivity contribution is 0.0716. The largest absolute Gasteiger partial charge is 0.337 e. The highest BCUT2D eigenvalue weighted by Crippen LogP contribution is 2.09. The molecule has 0 N–H and O–H groups in total. The minimum atomic E-state index is -0.374. The number of nitrogens with zero attached hydrogens (tertiary/aromatic N) is 1. The third-order valence-electron chi connectivity index (χ3n) is 2.30. The molecule has 0 unspecified atom stereocenters. The maximum absolute atomic E-state index is 12.9. The highest BCUT2D eigenvalue weighted by molar-refractivity contribution is 5.94. The number of rotatable bonds is 3. The Morgan fingerprint density at radius 2 is 2.06 bits per heavy atom. The molecule has 0 aromatic heterocycles. The van der Waals surface area contributed by atoms with Gasteiger partial charge in [-0.1, -0.05) is 13.5 Å². The van der Waals surface area contributed by atoms with Crippen molar-refractivity contribution in [1.29, 1.82) is 0 Å². The summed E-state index contributed by atoms with van der Waals surface area (Å²) in [6.45, 7) is 6.44. The van der Waals surface area contributed by atoms with Crippen LogP contribution in [-0.2, 0) is 0 Å². The molecule has 0 atom stereocenters. The Labute approximate surface area is 97.1 Å². The Bertz CT molecular complexity index is 350. The third-order valence-corrected chi connectivity index (χ3v) is 2.30. The van der Waals surface area contributed by atoms with Crippen LogP contribution in [0.1, 0.15) is 38.6 Å². The predicted molar refractivity (Wildman–Crippen MR) is 65.0 cm³/mol. The zero-order valence-electron chi connectivity index (χ0n) is 9.33. The first-order valence-corrected chi connectivity index (χ1v) is 5.12. The molecule has 1 amide bonds. The molecule has 0 saturated carbocycles. The number of benzene rings is 1. The van der Waals surface area contributed by atoms with Crippen LogP contribution in [0.4, 0.5) is 4.39 Å². The van der Waals surface area contributed by atoms with Gasteiger partial charge in [0.15, 0.2) is 0 Å². The van der Waals surface area contributed by atoms with Crippen LogP contribution in [0, 0.1) is 5.82 Å². The van der Waals surface area contributed by atoms with E-state index in [4.69, 9.17) is 0 Å². The second kappa shape index (κ2) is 6.26. The van der Waals surface area contributed by atoms with Crippen molar-refractivity contribution in [1.82, 2.24) is 4.90 Å². The molecule has 0 radical (unpaired) electrons. The smallest absolute Gasteiger partial charge is 0.254 e. The van der Waals surface area contributed by atoms with Crippen LogP contribution < -0.4 is 0 Å². The van der Waals surface area contributed by atoms with Gasteiger partial charge in [-0.25, -0.2) is 4.39 Å². The van der Waals surface area contributed by atoms with Crippen molar-refractivity contribution in [2.75, 3.05) is 6.54 Å². The Morgan fingerprint density at radius 1 is 1.44 bits per heavy atom. The molecule has 16 heavy (non-hydrogen) atoms. The molecule has 0 spiro atoms. The van der Waals surface area contributed by atoms with Crippen LogP contribution in [0.15, 0.2) is 24.3 Å². The minimum absolute atomic E-state index is 0. The zero-order chi connectivity index (χ0) is 11.4. The second-order valence-electron chi connectivity index (χ2n) is 3.70. The highest BCUT2D eigenvalue weighted by atomic mass is 19.1. The highest BCUT2D eigenvalue weighted by Gasteiger charge is 2.16. The molecule has 1 rings (SSSR count). The van der Waals surface area contributed by atoms with Crippen molar-refractivity contribution in [3.8, 4) is 0 Å². The van der Waals surface area contributed by atoms with Crippen molar-refractivity contribution in [2.45, 2.75) is 34.2 Å². The summed E-state index contributed by atoms with van der Waals surface area (Å²) in [6.07, 6.45) is 0. The van der Waals surface area contributed by atoms with E-state index < -0.39 is 0 Å². The average Bonchev–Trinajstić information content (AvgIpc) is 2.18. The lowest BCUT2D eigenvalue weighted by Crippen LogP contribution is -2.36. The molecule has 0 fully saturated rings.